The van der Waals surface area contributed by atoms with Crippen molar-refractivity contribution < 1.29 is 4.79 Å². The summed E-state index contributed by atoms with van der Waals surface area (Å²) in [5, 5.41) is 2.12. The first-order chi connectivity index (χ1) is 6.16. The molecule has 0 atom stereocenters. The van der Waals surface area contributed by atoms with Crippen LogP contribution in [-0.4, -0.2) is 5.78 Å². The van der Waals surface area contributed by atoms with E-state index in [1.165, 1.54) is 5.56 Å². The summed E-state index contributed by atoms with van der Waals surface area (Å²) in [4.78, 5) is 11.1. The molecule has 13 heavy (non-hydrogen) atoms. The summed E-state index contributed by atoms with van der Waals surface area (Å²) in [6.45, 7) is 4.31. The van der Waals surface area contributed by atoms with Crippen LogP contribution in [0.1, 0.15) is 25.3 Å². The van der Waals surface area contributed by atoms with Gasteiger partial charge in [0.25, 0.3) is 0 Å². The molecular formula is C12H12O. The molecule has 0 bridgehead atoms. The lowest BCUT2D eigenvalue weighted by molar-refractivity contribution is -0.107. The molecule has 1 aliphatic rings. The monoisotopic (exact) mass is 172 g/mol. The summed E-state index contributed by atoms with van der Waals surface area (Å²) in [6, 6.07) is 6.21. The molecular weight excluding hydrogens is 160 g/mol. The third kappa shape index (κ3) is 1.42. The van der Waals surface area contributed by atoms with Crippen molar-refractivity contribution in [3.8, 4) is 0 Å². The third-order valence-electron chi connectivity index (χ3n) is 2.37. The fourth-order valence-electron chi connectivity index (χ4n) is 1.56. The zero-order valence-electron chi connectivity index (χ0n) is 7.87. The van der Waals surface area contributed by atoms with Gasteiger partial charge >= 0.3 is 0 Å². The highest BCUT2D eigenvalue weighted by Gasteiger charge is 2.03. The van der Waals surface area contributed by atoms with E-state index >= 15 is 0 Å². The summed E-state index contributed by atoms with van der Waals surface area (Å²) in [5.74, 6) is 0.630. The van der Waals surface area contributed by atoms with Gasteiger partial charge in [0.1, 0.15) is 0 Å². The molecule has 0 heterocycles. The van der Waals surface area contributed by atoms with Crippen LogP contribution < -0.4 is 10.4 Å². The number of carbonyl (C=O) groups excluding carboxylic acids is 1. The van der Waals surface area contributed by atoms with Crippen molar-refractivity contribution in [2.45, 2.75) is 19.8 Å². The van der Waals surface area contributed by atoms with E-state index in [4.69, 9.17) is 0 Å². The van der Waals surface area contributed by atoms with Gasteiger partial charge in [-0.2, -0.15) is 0 Å². The zero-order valence-corrected chi connectivity index (χ0v) is 7.87. The molecule has 0 amide bonds. The van der Waals surface area contributed by atoms with Gasteiger partial charge in [-0.25, -0.2) is 0 Å². The van der Waals surface area contributed by atoms with Crippen molar-refractivity contribution in [3.05, 3.63) is 34.2 Å². The van der Waals surface area contributed by atoms with Crippen molar-refractivity contribution >= 4 is 17.9 Å². The molecule has 0 spiro atoms. The van der Waals surface area contributed by atoms with E-state index in [0.29, 0.717) is 5.92 Å². The van der Waals surface area contributed by atoms with Crippen LogP contribution in [0.2, 0.25) is 0 Å². The van der Waals surface area contributed by atoms with E-state index in [9.17, 15) is 4.79 Å². The number of hydrogen-bond donors (Lipinski definition) is 0. The predicted octanol–water partition coefficient (Wildman–Crippen LogP) is 0.954. The van der Waals surface area contributed by atoms with Gasteiger partial charge in [-0.1, -0.05) is 32.0 Å². The highest BCUT2D eigenvalue weighted by molar-refractivity contribution is 6.26. The van der Waals surface area contributed by atoms with E-state index in [1.54, 1.807) is 12.2 Å². The maximum Gasteiger partial charge on any atom is 0.179 e. The molecule has 0 unspecified atom stereocenters. The van der Waals surface area contributed by atoms with Crippen LogP contribution in [0.5, 0.6) is 0 Å². The van der Waals surface area contributed by atoms with Crippen LogP contribution in [0.3, 0.4) is 0 Å². The molecule has 2 rings (SSSR count). The number of ketones is 1. The Balaban J connectivity index is 2.66. The predicted molar refractivity (Wildman–Crippen MR) is 53.7 cm³/mol. The maximum absolute atomic E-state index is 11.1. The number of Topliss-reactive ketones (excluding diaryl/α,β-unsaturated/α-hetero) is 1. The summed E-state index contributed by atoms with van der Waals surface area (Å²) in [5.41, 5.74) is 1.29. The van der Waals surface area contributed by atoms with Crippen LogP contribution in [0, 0.1) is 0 Å². The minimum atomic E-state index is 0.107. The van der Waals surface area contributed by atoms with Crippen LogP contribution in [-0.2, 0) is 4.79 Å². The molecule has 0 aliphatic heterocycles. The van der Waals surface area contributed by atoms with Crippen LogP contribution >= 0.6 is 0 Å². The van der Waals surface area contributed by atoms with Crippen molar-refractivity contribution in [1.29, 1.82) is 0 Å². The minimum absolute atomic E-state index is 0.107. The Hall–Kier alpha value is -1.37. The fraction of sp³-hybridized carbons (Fsp3) is 0.250. The average molecular weight is 172 g/mol. The number of benzene rings is 1. The van der Waals surface area contributed by atoms with Crippen molar-refractivity contribution in [2.24, 2.45) is 0 Å². The number of rotatable bonds is 1. The lowest BCUT2D eigenvalue weighted by Gasteiger charge is -2.03. The standard InChI is InChI=1S/C12H12O/c1-8(2)9-3-4-10-6-12(13)7-11(10)5-9/h3-8H,1-2H3. The summed E-state index contributed by atoms with van der Waals surface area (Å²) in [6.07, 6.45) is 3.38. The SMILES string of the molecule is CC(C)c1ccc2c(c1)=CC(=O)C=2. The normalized spacial score (nSPS) is 13.9. The Morgan fingerprint density at radius 2 is 1.77 bits per heavy atom. The summed E-state index contributed by atoms with van der Waals surface area (Å²) >= 11 is 0. The molecule has 1 aliphatic carbocycles. The summed E-state index contributed by atoms with van der Waals surface area (Å²) in [7, 11) is 0. The second kappa shape index (κ2) is 2.84. The minimum Gasteiger partial charge on any atom is -0.290 e. The van der Waals surface area contributed by atoms with E-state index < -0.39 is 0 Å². The molecule has 0 radical (unpaired) electrons. The Morgan fingerprint density at radius 1 is 1.08 bits per heavy atom. The molecule has 66 valence electrons. The Labute approximate surface area is 77.4 Å². The highest BCUT2D eigenvalue weighted by Crippen LogP contribution is 2.09. The largest absolute Gasteiger partial charge is 0.290 e. The first-order valence-electron chi connectivity index (χ1n) is 4.54. The maximum atomic E-state index is 11.1. The molecule has 1 heteroatoms. The van der Waals surface area contributed by atoms with Gasteiger partial charge in [-0.3, -0.25) is 4.79 Å². The third-order valence-corrected chi connectivity index (χ3v) is 2.37. The molecule has 0 fully saturated rings. The second-order valence-corrected chi connectivity index (χ2v) is 3.73. The Morgan fingerprint density at radius 3 is 2.46 bits per heavy atom. The van der Waals surface area contributed by atoms with Gasteiger partial charge < -0.3 is 0 Å². The topological polar surface area (TPSA) is 17.1 Å². The molecule has 0 aromatic heterocycles. The Kier molecular flexibility index (Phi) is 1.80. The first-order valence-corrected chi connectivity index (χ1v) is 4.54. The molecule has 1 aromatic rings. The first kappa shape index (κ1) is 8.24. The van der Waals surface area contributed by atoms with Gasteiger partial charge in [0.15, 0.2) is 5.78 Å². The zero-order chi connectivity index (χ0) is 9.42. The lowest BCUT2D eigenvalue weighted by Crippen LogP contribution is -2.21. The van der Waals surface area contributed by atoms with Crippen LogP contribution in [0.15, 0.2) is 18.2 Å². The van der Waals surface area contributed by atoms with E-state index in [1.807, 2.05) is 6.07 Å². The quantitative estimate of drug-likeness (QED) is 0.616. The van der Waals surface area contributed by atoms with E-state index in [-0.39, 0.29) is 5.78 Å². The van der Waals surface area contributed by atoms with Crippen molar-refractivity contribution in [2.75, 3.05) is 0 Å². The number of fused-ring (bicyclic) bond motifs is 1. The van der Waals surface area contributed by atoms with Crippen LogP contribution in [0.4, 0.5) is 0 Å². The molecule has 0 saturated heterocycles. The Bertz CT molecular complexity index is 466. The number of hydrogen-bond acceptors (Lipinski definition) is 1. The second-order valence-electron chi connectivity index (χ2n) is 3.73. The highest BCUT2D eigenvalue weighted by atomic mass is 16.1. The van der Waals surface area contributed by atoms with Gasteiger partial charge in [0, 0.05) is 0 Å². The van der Waals surface area contributed by atoms with E-state index in [0.717, 1.165) is 10.4 Å². The van der Waals surface area contributed by atoms with Gasteiger partial charge in [0.2, 0.25) is 0 Å². The molecule has 1 nitrogen and oxygen atoms in total. The van der Waals surface area contributed by atoms with Gasteiger partial charge in [-0.05, 0) is 34.1 Å². The summed E-state index contributed by atoms with van der Waals surface area (Å²) < 4.78 is 0. The molecule has 0 saturated carbocycles. The fourth-order valence-corrected chi connectivity index (χ4v) is 1.56. The van der Waals surface area contributed by atoms with E-state index in [2.05, 4.69) is 26.0 Å². The van der Waals surface area contributed by atoms with Crippen LogP contribution in [0.25, 0.3) is 12.2 Å². The smallest absolute Gasteiger partial charge is 0.179 e. The lowest BCUT2D eigenvalue weighted by atomic mass is 10.0. The number of carbonyl (C=O) groups is 1. The van der Waals surface area contributed by atoms with Gasteiger partial charge in [-0.15, -0.1) is 0 Å². The van der Waals surface area contributed by atoms with Crippen molar-refractivity contribution in [3.63, 3.8) is 0 Å². The van der Waals surface area contributed by atoms with Crippen molar-refractivity contribution in [1.82, 2.24) is 0 Å². The average Bonchev–Trinajstić information content (AvgIpc) is 2.42. The van der Waals surface area contributed by atoms with Gasteiger partial charge in [0.05, 0.1) is 0 Å². The molecule has 0 N–H and O–H groups in total. The molecule has 1 aromatic carbocycles.